The lowest BCUT2D eigenvalue weighted by Gasteiger charge is -2.35. The van der Waals surface area contributed by atoms with E-state index in [1.807, 2.05) is 42.5 Å². The molecule has 0 radical (unpaired) electrons. The fraction of sp³-hybridized carbons (Fsp3) is 0.261. The van der Waals surface area contributed by atoms with E-state index in [9.17, 15) is 4.79 Å². The molecule has 0 spiro atoms. The van der Waals surface area contributed by atoms with Gasteiger partial charge in [0.1, 0.15) is 12.4 Å². The number of anilines is 1. The Bertz CT molecular complexity index is 1190. The molecule has 3 aromatic rings. The van der Waals surface area contributed by atoms with Gasteiger partial charge >= 0.3 is 0 Å². The van der Waals surface area contributed by atoms with Crippen LogP contribution in [0.5, 0.6) is 11.5 Å². The Morgan fingerprint density at radius 1 is 1.03 bits per heavy atom. The summed E-state index contributed by atoms with van der Waals surface area (Å²) in [6.45, 7) is 0. The number of aromatic nitrogens is 3. The summed E-state index contributed by atoms with van der Waals surface area (Å²) in [4.78, 5) is 17.8. The number of carbonyl (C=O) groups is 1. The van der Waals surface area contributed by atoms with Crippen LogP contribution in [0.2, 0.25) is 0 Å². The van der Waals surface area contributed by atoms with Gasteiger partial charge in [-0.15, -0.1) is 0 Å². The molecule has 2 unspecified atom stereocenters. The summed E-state index contributed by atoms with van der Waals surface area (Å²) in [6, 6.07) is 13.6. The number of benzene rings is 2. The van der Waals surface area contributed by atoms with Gasteiger partial charge in [0.2, 0.25) is 5.95 Å². The first-order valence-corrected chi connectivity index (χ1v) is 10.8. The number of ether oxygens (including phenoxy) is 2. The van der Waals surface area contributed by atoms with Gasteiger partial charge in [0.05, 0.1) is 14.2 Å². The highest BCUT2D eigenvalue weighted by Gasteiger charge is 2.39. The van der Waals surface area contributed by atoms with Crippen LogP contribution < -0.4 is 14.8 Å². The van der Waals surface area contributed by atoms with Crippen LogP contribution in [0.4, 0.5) is 5.95 Å². The summed E-state index contributed by atoms with van der Waals surface area (Å²) in [6.07, 6.45) is 2.65. The van der Waals surface area contributed by atoms with Crippen molar-refractivity contribution in [1.29, 1.82) is 0 Å². The van der Waals surface area contributed by atoms with Gasteiger partial charge in [0.25, 0.3) is 0 Å². The summed E-state index contributed by atoms with van der Waals surface area (Å²) >= 11 is 3.48. The fourth-order valence-electron chi connectivity index (χ4n) is 4.45. The highest BCUT2D eigenvalue weighted by atomic mass is 79.9. The zero-order valence-corrected chi connectivity index (χ0v) is 18.7. The van der Waals surface area contributed by atoms with Crippen LogP contribution in [0.25, 0.3) is 0 Å². The van der Waals surface area contributed by atoms with Crippen LogP contribution in [-0.4, -0.2) is 34.8 Å². The number of halogens is 1. The lowest BCUT2D eigenvalue weighted by atomic mass is 9.78. The topological polar surface area (TPSA) is 78.3 Å². The Kier molecular flexibility index (Phi) is 5.02. The number of nitrogens with one attached hydrogen (secondary N) is 1. The van der Waals surface area contributed by atoms with Crippen LogP contribution in [-0.2, 0) is 4.79 Å². The number of hydrogen-bond donors (Lipinski definition) is 1. The number of nitrogens with zero attached hydrogens (tertiary/aromatic N) is 3. The zero-order chi connectivity index (χ0) is 21.5. The summed E-state index contributed by atoms with van der Waals surface area (Å²) < 4.78 is 13.6. The van der Waals surface area contributed by atoms with E-state index < -0.39 is 0 Å². The first kappa shape index (κ1) is 19.8. The number of fused-ring (bicyclic) bond motifs is 1. The third kappa shape index (κ3) is 3.40. The van der Waals surface area contributed by atoms with Gasteiger partial charge in [-0.25, -0.2) is 4.68 Å². The van der Waals surface area contributed by atoms with E-state index in [1.165, 1.54) is 6.33 Å². The molecule has 0 bridgehead atoms. The van der Waals surface area contributed by atoms with E-state index in [0.29, 0.717) is 30.3 Å². The molecule has 1 N–H and O–H groups in total. The van der Waals surface area contributed by atoms with Gasteiger partial charge in [0.15, 0.2) is 17.3 Å². The van der Waals surface area contributed by atoms with E-state index in [1.54, 1.807) is 18.9 Å². The SMILES string of the molecule is COc1ccc(C2CC(=O)C3=C(C2)Nc2ncnn2C3c2ccc(Br)cc2)cc1OC. The Morgan fingerprint density at radius 3 is 2.52 bits per heavy atom. The molecule has 2 heterocycles. The molecule has 158 valence electrons. The number of rotatable bonds is 4. The van der Waals surface area contributed by atoms with Gasteiger partial charge in [-0.05, 0) is 47.7 Å². The molecule has 1 aliphatic carbocycles. The third-order valence-corrected chi connectivity index (χ3v) is 6.46. The van der Waals surface area contributed by atoms with Crippen molar-refractivity contribution in [3.63, 3.8) is 0 Å². The molecule has 31 heavy (non-hydrogen) atoms. The highest BCUT2D eigenvalue weighted by Crippen LogP contribution is 2.44. The average molecular weight is 481 g/mol. The average Bonchev–Trinajstić information content (AvgIpc) is 3.26. The van der Waals surface area contributed by atoms with Crippen LogP contribution in [0.15, 0.2) is 64.5 Å². The molecule has 0 saturated heterocycles. The first-order chi connectivity index (χ1) is 15.1. The molecule has 5 rings (SSSR count). The third-order valence-electron chi connectivity index (χ3n) is 5.93. The molecular formula is C23H21BrN4O3. The normalized spacial score (nSPS) is 20.0. The van der Waals surface area contributed by atoms with Crippen molar-refractivity contribution in [3.8, 4) is 11.5 Å². The maximum atomic E-state index is 13.4. The van der Waals surface area contributed by atoms with Gasteiger partial charge < -0.3 is 14.8 Å². The quantitative estimate of drug-likeness (QED) is 0.593. The van der Waals surface area contributed by atoms with Gasteiger partial charge in [-0.2, -0.15) is 10.1 Å². The number of carbonyl (C=O) groups excluding carboxylic acids is 1. The minimum absolute atomic E-state index is 0.0404. The highest BCUT2D eigenvalue weighted by molar-refractivity contribution is 9.10. The zero-order valence-electron chi connectivity index (χ0n) is 17.1. The lowest BCUT2D eigenvalue weighted by molar-refractivity contribution is -0.116. The van der Waals surface area contributed by atoms with Crippen molar-refractivity contribution in [1.82, 2.24) is 14.8 Å². The smallest absolute Gasteiger partial charge is 0.226 e. The predicted molar refractivity (Wildman–Crippen MR) is 119 cm³/mol. The van der Waals surface area contributed by atoms with Crippen LogP contribution in [0.1, 0.15) is 35.9 Å². The van der Waals surface area contributed by atoms with Gasteiger partial charge in [0, 0.05) is 22.2 Å². The minimum atomic E-state index is -0.291. The number of allylic oxidation sites excluding steroid dienone is 2. The van der Waals surface area contributed by atoms with E-state index in [2.05, 4.69) is 31.3 Å². The van der Waals surface area contributed by atoms with E-state index in [-0.39, 0.29) is 17.7 Å². The second-order valence-corrected chi connectivity index (χ2v) is 8.56. The standard InChI is InChI=1S/C23H21BrN4O3/c1-30-19-8-5-14(11-20(19)31-2)15-9-17-21(18(29)10-15)22(13-3-6-16(24)7-4-13)28-23(27-17)25-12-26-28/h3-8,11-12,15,22H,9-10H2,1-2H3,(H,25,26,27). The predicted octanol–water partition coefficient (Wildman–Crippen LogP) is 4.47. The Hall–Kier alpha value is -3.13. The molecule has 2 atom stereocenters. The summed E-state index contributed by atoms with van der Waals surface area (Å²) in [5, 5.41) is 7.75. The number of hydrogen-bond acceptors (Lipinski definition) is 6. The molecule has 2 aliphatic rings. The molecule has 1 aliphatic heterocycles. The van der Waals surface area contributed by atoms with E-state index in [4.69, 9.17) is 9.47 Å². The van der Waals surface area contributed by atoms with Crippen molar-refractivity contribution in [2.75, 3.05) is 19.5 Å². The molecule has 1 aromatic heterocycles. The van der Waals surface area contributed by atoms with Crippen molar-refractivity contribution < 1.29 is 14.3 Å². The van der Waals surface area contributed by atoms with Crippen molar-refractivity contribution in [3.05, 3.63) is 75.7 Å². The second-order valence-electron chi connectivity index (χ2n) is 7.64. The Balaban J connectivity index is 1.55. The van der Waals surface area contributed by atoms with E-state index in [0.717, 1.165) is 26.9 Å². The first-order valence-electron chi connectivity index (χ1n) is 9.99. The summed E-state index contributed by atoms with van der Waals surface area (Å²) in [7, 11) is 3.23. The second kappa shape index (κ2) is 7.85. The number of Topliss-reactive ketones (excluding diaryl/α,β-unsaturated/α-hetero) is 1. The van der Waals surface area contributed by atoms with Crippen LogP contribution in [0, 0.1) is 0 Å². The monoisotopic (exact) mass is 480 g/mol. The maximum absolute atomic E-state index is 13.4. The van der Waals surface area contributed by atoms with Crippen LogP contribution in [0.3, 0.4) is 0 Å². The number of ketones is 1. The molecule has 0 amide bonds. The Labute approximate surface area is 188 Å². The van der Waals surface area contributed by atoms with Crippen molar-refractivity contribution >= 4 is 27.7 Å². The molecule has 8 heteroatoms. The lowest BCUT2D eigenvalue weighted by Crippen LogP contribution is -2.33. The largest absolute Gasteiger partial charge is 0.493 e. The number of methoxy groups -OCH3 is 2. The van der Waals surface area contributed by atoms with Crippen molar-refractivity contribution in [2.45, 2.75) is 24.8 Å². The molecular weight excluding hydrogens is 460 g/mol. The molecule has 0 fully saturated rings. The molecule has 0 saturated carbocycles. The van der Waals surface area contributed by atoms with Gasteiger partial charge in [-0.1, -0.05) is 34.1 Å². The Morgan fingerprint density at radius 2 is 1.77 bits per heavy atom. The summed E-state index contributed by atoms with van der Waals surface area (Å²) in [5.41, 5.74) is 3.72. The summed E-state index contributed by atoms with van der Waals surface area (Å²) in [5.74, 6) is 2.14. The minimum Gasteiger partial charge on any atom is -0.493 e. The maximum Gasteiger partial charge on any atom is 0.226 e. The van der Waals surface area contributed by atoms with Crippen LogP contribution >= 0.6 is 15.9 Å². The van der Waals surface area contributed by atoms with Gasteiger partial charge in [-0.3, -0.25) is 4.79 Å². The molecule has 7 nitrogen and oxygen atoms in total. The fourth-order valence-corrected chi connectivity index (χ4v) is 4.71. The van der Waals surface area contributed by atoms with E-state index >= 15 is 0 Å². The molecule has 2 aromatic carbocycles. The van der Waals surface area contributed by atoms with Crippen molar-refractivity contribution in [2.24, 2.45) is 0 Å².